The Kier molecular flexibility index (Phi) is 3.53. The normalized spacial score (nSPS) is 10.9. The number of rotatable bonds is 3. The van der Waals surface area contributed by atoms with Gasteiger partial charge in [0.25, 0.3) is 0 Å². The van der Waals surface area contributed by atoms with Crippen LogP contribution in [0.15, 0.2) is 45.5 Å². The lowest BCUT2D eigenvalue weighted by atomic mass is 10.1. The van der Waals surface area contributed by atoms with Crippen LogP contribution in [0.2, 0.25) is 0 Å². The third kappa shape index (κ3) is 2.81. The van der Waals surface area contributed by atoms with Gasteiger partial charge in [-0.1, -0.05) is 0 Å². The summed E-state index contributed by atoms with van der Waals surface area (Å²) in [4.78, 5) is 11.8. The van der Waals surface area contributed by atoms with Crippen molar-refractivity contribution in [2.24, 2.45) is 0 Å². The quantitative estimate of drug-likeness (QED) is 0.674. The summed E-state index contributed by atoms with van der Waals surface area (Å²) in [6.07, 6.45) is 2.79. The number of phenols is 2. The first-order valence-corrected chi connectivity index (χ1v) is 5.85. The molecular formula is C13H9BrO4. The number of allylic oxidation sites excluding steroid dienone is 1. The topological polar surface area (TPSA) is 70.7 Å². The van der Waals surface area contributed by atoms with Crippen LogP contribution in [0.25, 0.3) is 6.08 Å². The standard InChI is InChI=1S/C13H9BrO4/c14-13-6-3-9(18-13)2-5-11(16)10-4-1-8(15)7-12(10)17/h1-7,15,17H/b5-2+. The second kappa shape index (κ2) is 5.10. The molecule has 0 unspecified atom stereocenters. The summed E-state index contributed by atoms with van der Waals surface area (Å²) in [5.74, 6) is -0.207. The molecule has 0 fully saturated rings. The highest BCUT2D eigenvalue weighted by molar-refractivity contribution is 9.10. The van der Waals surface area contributed by atoms with Gasteiger partial charge in [0.05, 0.1) is 5.56 Å². The fourth-order valence-corrected chi connectivity index (χ4v) is 1.71. The highest BCUT2D eigenvalue weighted by Crippen LogP contribution is 2.23. The van der Waals surface area contributed by atoms with Crippen molar-refractivity contribution >= 4 is 27.8 Å². The number of hydrogen-bond acceptors (Lipinski definition) is 4. The Balaban J connectivity index is 2.19. The van der Waals surface area contributed by atoms with Crippen LogP contribution in [-0.2, 0) is 0 Å². The maximum atomic E-state index is 11.8. The lowest BCUT2D eigenvalue weighted by Gasteiger charge is -2.00. The minimum Gasteiger partial charge on any atom is -0.508 e. The maximum Gasteiger partial charge on any atom is 0.189 e. The lowest BCUT2D eigenvalue weighted by Crippen LogP contribution is -1.94. The Morgan fingerprint density at radius 2 is 2.00 bits per heavy atom. The van der Waals surface area contributed by atoms with Crippen LogP contribution in [0.3, 0.4) is 0 Å². The van der Waals surface area contributed by atoms with Crippen LogP contribution in [0.4, 0.5) is 0 Å². The van der Waals surface area contributed by atoms with Crippen LogP contribution in [0.5, 0.6) is 11.5 Å². The van der Waals surface area contributed by atoms with E-state index >= 15 is 0 Å². The van der Waals surface area contributed by atoms with Crippen LogP contribution in [-0.4, -0.2) is 16.0 Å². The molecule has 1 aromatic carbocycles. The molecule has 2 N–H and O–H groups in total. The van der Waals surface area contributed by atoms with Crippen molar-refractivity contribution < 1.29 is 19.4 Å². The van der Waals surface area contributed by atoms with Crippen LogP contribution in [0, 0.1) is 0 Å². The van der Waals surface area contributed by atoms with E-state index in [0.717, 1.165) is 6.07 Å². The second-order valence-corrected chi connectivity index (χ2v) is 4.32. The van der Waals surface area contributed by atoms with E-state index in [1.165, 1.54) is 24.3 Å². The van der Waals surface area contributed by atoms with Gasteiger partial charge in [0.15, 0.2) is 10.5 Å². The zero-order chi connectivity index (χ0) is 13.1. The van der Waals surface area contributed by atoms with Gasteiger partial charge in [-0.3, -0.25) is 4.79 Å². The van der Waals surface area contributed by atoms with Crippen molar-refractivity contribution in [3.05, 3.63) is 52.4 Å². The maximum absolute atomic E-state index is 11.8. The van der Waals surface area contributed by atoms with Crippen molar-refractivity contribution in [2.75, 3.05) is 0 Å². The van der Waals surface area contributed by atoms with Gasteiger partial charge >= 0.3 is 0 Å². The molecule has 0 spiro atoms. The van der Waals surface area contributed by atoms with Gasteiger partial charge in [0.1, 0.15) is 17.3 Å². The van der Waals surface area contributed by atoms with Crippen LogP contribution < -0.4 is 0 Å². The zero-order valence-electron chi connectivity index (χ0n) is 9.13. The van der Waals surface area contributed by atoms with E-state index in [2.05, 4.69) is 15.9 Å². The summed E-state index contributed by atoms with van der Waals surface area (Å²) in [7, 11) is 0. The molecule has 1 heterocycles. The first kappa shape index (κ1) is 12.4. The minimum atomic E-state index is -0.375. The molecule has 2 aromatic rings. The number of hydrogen-bond donors (Lipinski definition) is 2. The second-order valence-electron chi connectivity index (χ2n) is 3.54. The van der Waals surface area contributed by atoms with E-state index in [9.17, 15) is 9.90 Å². The Morgan fingerprint density at radius 1 is 1.22 bits per heavy atom. The van der Waals surface area contributed by atoms with Crippen molar-refractivity contribution in [3.63, 3.8) is 0 Å². The number of aromatic hydroxyl groups is 2. The number of carbonyl (C=O) groups is 1. The van der Waals surface area contributed by atoms with Gasteiger partial charge < -0.3 is 14.6 Å². The van der Waals surface area contributed by atoms with Gasteiger partial charge in [0.2, 0.25) is 0 Å². The molecule has 0 bridgehead atoms. The first-order valence-electron chi connectivity index (χ1n) is 5.06. The molecule has 92 valence electrons. The molecule has 0 aliphatic heterocycles. The fourth-order valence-electron chi connectivity index (χ4n) is 1.39. The van der Waals surface area contributed by atoms with Crippen molar-refractivity contribution in [1.82, 2.24) is 0 Å². The molecule has 2 rings (SSSR count). The van der Waals surface area contributed by atoms with Gasteiger partial charge in [-0.25, -0.2) is 0 Å². The molecule has 0 saturated heterocycles. The molecule has 0 atom stereocenters. The van der Waals surface area contributed by atoms with Gasteiger partial charge in [0, 0.05) is 6.07 Å². The summed E-state index contributed by atoms with van der Waals surface area (Å²) >= 11 is 3.15. The SMILES string of the molecule is O=C(/C=C/c1ccc(Br)o1)c1ccc(O)cc1O. The van der Waals surface area contributed by atoms with Crippen molar-refractivity contribution in [3.8, 4) is 11.5 Å². The van der Waals surface area contributed by atoms with Crippen molar-refractivity contribution in [1.29, 1.82) is 0 Å². The third-order valence-electron chi connectivity index (χ3n) is 2.24. The minimum absolute atomic E-state index is 0.0944. The number of furan rings is 1. The molecule has 0 aliphatic carbocycles. The third-order valence-corrected chi connectivity index (χ3v) is 2.67. The predicted molar refractivity (Wildman–Crippen MR) is 69.5 cm³/mol. The molecule has 4 nitrogen and oxygen atoms in total. The van der Waals surface area contributed by atoms with Gasteiger partial charge in [-0.2, -0.15) is 0 Å². The summed E-state index contributed by atoms with van der Waals surface area (Å²) in [6.45, 7) is 0. The molecule has 0 amide bonds. The summed E-state index contributed by atoms with van der Waals surface area (Å²) in [5.41, 5.74) is 0.120. The van der Waals surface area contributed by atoms with Gasteiger partial charge in [-0.05, 0) is 52.3 Å². The number of ketones is 1. The molecule has 0 aliphatic rings. The number of carbonyl (C=O) groups excluding carboxylic acids is 1. The van der Waals surface area contributed by atoms with Crippen molar-refractivity contribution in [2.45, 2.75) is 0 Å². The van der Waals surface area contributed by atoms with E-state index < -0.39 is 0 Å². The van der Waals surface area contributed by atoms with E-state index in [4.69, 9.17) is 9.52 Å². The van der Waals surface area contributed by atoms with E-state index in [0.29, 0.717) is 10.4 Å². The zero-order valence-corrected chi connectivity index (χ0v) is 10.7. The molecule has 1 aromatic heterocycles. The average molecular weight is 309 g/mol. The number of halogens is 1. The number of phenolic OH excluding ortho intramolecular Hbond substituents is 2. The Labute approximate surface area is 111 Å². The fraction of sp³-hybridized carbons (Fsp3) is 0. The monoisotopic (exact) mass is 308 g/mol. The molecule has 0 radical (unpaired) electrons. The number of benzene rings is 1. The molecule has 0 saturated carbocycles. The summed E-state index contributed by atoms with van der Waals surface area (Å²) in [6, 6.07) is 7.22. The Morgan fingerprint density at radius 3 is 2.61 bits per heavy atom. The van der Waals surface area contributed by atoms with Crippen LogP contribution >= 0.6 is 15.9 Å². The smallest absolute Gasteiger partial charge is 0.189 e. The molecule has 18 heavy (non-hydrogen) atoms. The average Bonchev–Trinajstić information content (AvgIpc) is 2.72. The van der Waals surface area contributed by atoms with E-state index in [1.807, 2.05) is 0 Å². The lowest BCUT2D eigenvalue weighted by molar-refractivity contribution is 0.104. The van der Waals surface area contributed by atoms with Gasteiger partial charge in [-0.15, -0.1) is 0 Å². The van der Waals surface area contributed by atoms with E-state index in [-0.39, 0.29) is 22.8 Å². The van der Waals surface area contributed by atoms with E-state index in [1.54, 1.807) is 12.1 Å². The largest absolute Gasteiger partial charge is 0.508 e. The molecular weight excluding hydrogens is 300 g/mol. The van der Waals surface area contributed by atoms with Crippen LogP contribution in [0.1, 0.15) is 16.1 Å². The highest BCUT2D eigenvalue weighted by Gasteiger charge is 2.08. The molecule has 5 heteroatoms. The summed E-state index contributed by atoms with van der Waals surface area (Å²) < 4.78 is 5.77. The Hall–Kier alpha value is -2.01. The highest BCUT2D eigenvalue weighted by atomic mass is 79.9. The Bertz CT molecular complexity index is 613. The summed E-state index contributed by atoms with van der Waals surface area (Å²) in [5, 5.41) is 18.6. The first-order chi connectivity index (χ1) is 8.56. The predicted octanol–water partition coefficient (Wildman–Crippen LogP) is 3.35.